The summed E-state index contributed by atoms with van der Waals surface area (Å²) in [5.41, 5.74) is 0.767. The predicted molar refractivity (Wildman–Crippen MR) is 74.3 cm³/mol. The Bertz CT molecular complexity index is 371. The fourth-order valence-corrected chi connectivity index (χ4v) is 3.22. The van der Waals surface area contributed by atoms with Gasteiger partial charge in [0.1, 0.15) is 5.82 Å². The summed E-state index contributed by atoms with van der Waals surface area (Å²) < 4.78 is 12.8. The Balaban J connectivity index is 1.78. The highest BCUT2D eigenvalue weighted by atomic mass is 32.2. The van der Waals surface area contributed by atoms with Gasteiger partial charge < -0.3 is 10.4 Å². The molecule has 1 aromatic rings. The first-order chi connectivity index (χ1) is 8.69. The molecule has 18 heavy (non-hydrogen) atoms. The van der Waals surface area contributed by atoms with Gasteiger partial charge in [-0.05, 0) is 43.2 Å². The molecule has 1 aromatic carbocycles. The van der Waals surface area contributed by atoms with Crippen LogP contribution in [-0.4, -0.2) is 29.2 Å². The van der Waals surface area contributed by atoms with Crippen LogP contribution in [-0.2, 0) is 0 Å². The Kier molecular flexibility index (Phi) is 5.03. The molecule has 3 atom stereocenters. The highest BCUT2D eigenvalue weighted by molar-refractivity contribution is 7.99. The van der Waals surface area contributed by atoms with Gasteiger partial charge >= 0.3 is 0 Å². The van der Waals surface area contributed by atoms with Crippen molar-refractivity contribution < 1.29 is 9.50 Å². The molecule has 1 aliphatic carbocycles. The van der Waals surface area contributed by atoms with Crippen LogP contribution in [0.4, 0.5) is 4.39 Å². The van der Waals surface area contributed by atoms with Crippen molar-refractivity contribution in [2.45, 2.75) is 36.7 Å². The maximum absolute atomic E-state index is 12.8. The zero-order chi connectivity index (χ0) is 13.0. The molecule has 1 aliphatic rings. The number of nitrogens with one attached hydrogen (secondary N) is 1. The summed E-state index contributed by atoms with van der Waals surface area (Å²) in [6.07, 6.45) is 5.21. The minimum Gasteiger partial charge on any atom is -0.387 e. The molecule has 0 amide bonds. The molecular formula is C14H20FNOS. The third-order valence-electron chi connectivity index (χ3n) is 3.57. The molecule has 1 fully saturated rings. The second kappa shape index (κ2) is 6.55. The van der Waals surface area contributed by atoms with Gasteiger partial charge in [-0.2, -0.15) is 11.8 Å². The second-order valence-electron chi connectivity index (χ2n) is 4.84. The van der Waals surface area contributed by atoms with Crippen LogP contribution in [0.1, 0.15) is 30.9 Å². The van der Waals surface area contributed by atoms with Gasteiger partial charge in [0.2, 0.25) is 0 Å². The van der Waals surface area contributed by atoms with E-state index in [1.807, 2.05) is 11.8 Å². The number of benzene rings is 1. The Morgan fingerprint density at radius 1 is 1.39 bits per heavy atom. The first-order valence-corrected chi connectivity index (χ1v) is 7.67. The summed E-state index contributed by atoms with van der Waals surface area (Å²) in [6.45, 7) is 0.539. The van der Waals surface area contributed by atoms with Crippen molar-refractivity contribution >= 4 is 11.8 Å². The molecule has 1 saturated carbocycles. The van der Waals surface area contributed by atoms with Crippen molar-refractivity contribution in [2.75, 3.05) is 12.8 Å². The van der Waals surface area contributed by atoms with Gasteiger partial charge in [-0.25, -0.2) is 4.39 Å². The first kappa shape index (κ1) is 13.8. The monoisotopic (exact) mass is 269 g/mol. The van der Waals surface area contributed by atoms with Gasteiger partial charge in [-0.3, -0.25) is 0 Å². The Hall–Kier alpha value is -0.580. The van der Waals surface area contributed by atoms with Crippen LogP contribution in [0.25, 0.3) is 0 Å². The number of halogens is 1. The number of aliphatic hydroxyl groups is 1. The molecule has 0 bridgehead atoms. The van der Waals surface area contributed by atoms with E-state index in [1.54, 1.807) is 12.1 Å². The summed E-state index contributed by atoms with van der Waals surface area (Å²) in [4.78, 5) is 0. The van der Waals surface area contributed by atoms with Gasteiger partial charge in [0, 0.05) is 17.8 Å². The highest BCUT2D eigenvalue weighted by Crippen LogP contribution is 2.28. The van der Waals surface area contributed by atoms with Crippen molar-refractivity contribution in [3.05, 3.63) is 35.6 Å². The fourth-order valence-electron chi connectivity index (χ4n) is 2.42. The van der Waals surface area contributed by atoms with Crippen molar-refractivity contribution in [3.8, 4) is 0 Å². The lowest BCUT2D eigenvalue weighted by Crippen LogP contribution is -2.31. The number of hydrogen-bond donors (Lipinski definition) is 2. The SMILES string of the molecule is CSC1CCC(NCC(O)c2ccc(F)cc2)C1. The maximum Gasteiger partial charge on any atom is 0.123 e. The summed E-state index contributed by atoms with van der Waals surface area (Å²) in [5.74, 6) is -0.266. The number of aliphatic hydroxyl groups excluding tert-OH is 1. The lowest BCUT2D eigenvalue weighted by Gasteiger charge is -2.16. The van der Waals surface area contributed by atoms with E-state index in [0.717, 1.165) is 10.8 Å². The van der Waals surface area contributed by atoms with E-state index in [2.05, 4.69) is 11.6 Å². The van der Waals surface area contributed by atoms with Crippen LogP contribution in [0.15, 0.2) is 24.3 Å². The summed E-state index contributed by atoms with van der Waals surface area (Å²) >= 11 is 1.92. The van der Waals surface area contributed by atoms with Gasteiger partial charge in [-0.1, -0.05) is 12.1 Å². The molecule has 2 N–H and O–H groups in total. The predicted octanol–water partition coefficient (Wildman–Crippen LogP) is 2.73. The third-order valence-corrected chi connectivity index (χ3v) is 4.67. The van der Waals surface area contributed by atoms with E-state index in [-0.39, 0.29) is 5.82 Å². The zero-order valence-electron chi connectivity index (χ0n) is 10.6. The summed E-state index contributed by atoms with van der Waals surface area (Å²) in [7, 11) is 0. The minimum absolute atomic E-state index is 0.266. The van der Waals surface area contributed by atoms with E-state index in [1.165, 1.54) is 31.4 Å². The topological polar surface area (TPSA) is 32.3 Å². The molecule has 2 nitrogen and oxygen atoms in total. The standard InChI is InChI=1S/C14H20FNOS/c1-18-13-7-6-12(8-13)16-9-14(17)10-2-4-11(15)5-3-10/h2-5,12-14,16-17H,6-9H2,1H3. The summed E-state index contributed by atoms with van der Waals surface area (Å²) in [5, 5.41) is 14.2. The molecular weight excluding hydrogens is 249 g/mol. The van der Waals surface area contributed by atoms with E-state index >= 15 is 0 Å². The first-order valence-electron chi connectivity index (χ1n) is 6.38. The lowest BCUT2D eigenvalue weighted by molar-refractivity contribution is 0.170. The maximum atomic E-state index is 12.8. The average Bonchev–Trinajstić information content (AvgIpc) is 2.85. The van der Waals surface area contributed by atoms with Crippen LogP contribution < -0.4 is 5.32 Å². The number of hydrogen-bond acceptors (Lipinski definition) is 3. The van der Waals surface area contributed by atoms with E-state index < -0.39 is 6.10 Å². The molecule has 0 aliphatic heterocycles. The van der Waals surface area contributed by atoms with Crippen molar-refractivity contribution in [2.24, 2.45) is 0 Å². The quantitative estimate of drug-likeness (QED) is 0.862. The van der Waals surface area contributed by atoms with Crippen LogP contribution in [0.5, 0.6) is 0 Å². The molecule has 0 saturated heterocycles. The van der Waals surface area contributed by atoms with E-state index in [9.17, 15) is 9.50 Å². The normalized spacial score (nSPS) is 25.3. The van der Waals surface area contributed by atoms with Crippen LogP contribution in [0.3, 0.4) is 0 Å². The second-order valence-corrected chi connectivity index (χ2v) is 5.98. The molecule has 0 aromatic heterocycles. The molecule has 0 radical (unpaired) electrons. The van der Waals surface area contributed by atoms with Gasteiger partial charge in [0.15, 0.2) is 0 Å². The van der Waals surface area contributed by atoms with Crippen molar-refractivity contribution in [1.82, 2.24) is 5.32 Å². The smallest absolute Gasteiger partial charge is 0.123 e. The van der Waals surface area contributed by atoms with Gasteiger partial charge in [0.05, 0.1) is 6.10 Å². The Morgan fingerprint density at radius 2 is 2.11 bits per heavy atom. The molecule has 2 rings (SSSR count). The Morgan fingerprint density at radius 3 is 2.72 bits per heavy atom. The van der Waals surface area contributed by atoms with Gasteiger partial charge in [0.25, 0.3) is 0 Å². The lowest BCUT2D eigenvalue weighted by atomic mass is 10.1. The Labute approximate surface area is 112 Å². The fraction of sp³-hybridized carbons (Fsp3) is 0.571. The molecule has 3 unspecified atom stereocenters. The van der Waals surface area contributed by atoms with Crippen molar-refractivity contribution in [1.29, 1.82) is 0 Å². The van der Waals surface area contributed by atoms with Crippen LogP contribution >= 0.6 is 11.8 Å². The zero-order valence-corrected chi connectivity index (χ0v) is 11.4. The highest BCUT2D eigenvalue weighted by Gasteiger charge is 2.23. The van der Waals surface area contributed by atoms with Crippen LogP contribution in [0, 0.1) is 5.82 Å². The van der Waals surface area contributed by atoms with E-state index in [0.29, 0.717) is 12.6 Å². The number of thioether (sulfide) groups is 1. The van der Waals surface area contributed by atoms with Crippen LogP contribution in [0.2, 0.25) is 0 Å². The third kappa shape index (κ3) is 3.70. The van der Waals surface area contributed by atoms with E-state index in [4.69, 9.17) is 0 Å². The molecule has 4 heteroatoms. The molecule has 100 valence electrons. The van der Waals surface area contributed by atoms with Gasteiger partial charge in [-0.15, -0.1) is 0 Å². The average molecular weight is 269 g/mol. The molecule has 0 heterocycles. The molecule has 0 spiro atoms. The largest absolute Gasteiger partial charge is 0.387 e. The number of rotatable bonds is 5. The summed E-state index contributed by atoms with van der Waals surface area (Å²) in [6, 6.07) is 6.56. The van der Waals surface area contributed by atoms with Crippen molar-refractivity contribution in [3.63, 3.8) is 0 Å². The minimum atomic E-state index is -0.557.